The van der Waals surface area contributed by atoms with Crippen LogP contribution >= 0.6 is 0 Å². The molecule has 0 unspecified atom stereocenters. The van der Waals surface area contributed by atoms with Gasteiger partial charge in [-0.3, -0.25) is 9.59 Å². The predicted molar refractivity (Wildman–Crippen MR) is 138 cm³/mol. The number of carbonyl (C=O) groups excluding carboxylic acids is 2. The van der Waals surface area contributed by atoms with E-state index in [9.17, 15) is 9.59 Å². The monoisotopic (exact) mass is 462 g/mol. The molecular weight excluding hydrogens is 424 g/mol. The lowest BCUT2D eigenvalue weighted by molar-refractivity contribution is -0.126. The van der Waals surface area contributed by atoms with Gasteiger partial charge in [0.2, 0.25) is 11.8 Å². The summed E-state index contributed by atoms with van der Waals surface area (Å²) in [6, 6.07) is 20.0. The molecule has 2 aromatic carbocycles. The molecule has 1 aliphatic heterocycles. The van der Waals surface area contributed by atoms with E-state index in [0.29, 0.717) is 19.5 Å². The SMILES string of the molecule is O=C1C[C@H](c2ccccc2)NCCCNCCCCN(C(=O)/C=C/c2ccccc2)CCCN1. The maximum Gasteiger partial charge on any atom is 0.246 e. The van der Waals surface area contributed by atoms with Crippen LogP contribution in [-0.2, 0) is 9.59 Å². The Kier molecular flexibility index (Phi) is 11.4. The first-order chi connectivity index (χ1) is 16.7. The molecule has 6 heteroatoms. The Balaban J connectivity index is 1.57. The van der Waals surface area contributed by atoms with Gasteiger partial charge in [-0.25, -0.2) is 0 Å². The highest BCUT2D eigenvalue weighted by Gasteiger charge is 2.16. The number of amides is 2. The molecule has 2 amide bonds. The molecule has 6 nitrogen and oxygen atoms in total. The van der Waals surface area contributed by atoms with E-state index in [1.165, 1.54) is 0 Å². The molecule has 2 aromatic rings. The molecule has 3 N–H and O–H groups in total. The summed E-state index contributed by atoms with van der Waals surface area (Å²) >= 11 is 0. The summed E-state index contributed by atoms with van der Waals surface area (Å²) in [5, 5.41) is 10.1. The smallest absolute Gasteiger partial charge is 0.246 e. The molecule has 34 heavy (non-hydrogen) atoms. The first kappa shape index (κ1) is 25.7. The number of nitrogens with one attached hydrogen (secondary N) is 3. The van der Waals surface area contributed by atoms with E-state index in [2.05, 4.69) is 28.1 Å². The van der Waals surface area contributed by atoms with Gasteiger partial charge >= 0.3 is 0 Å². The molecule has 0 spiro atoms. The molecular formula is C28H38N4O2. The Bertz CT molecular complexity index is 886. The van der Waals surface area contributed by atoms with Crippen LogP contribution < -0.4 is 16.0 Å². The van der Waals surface area contributed by atoms with Gasteiger partial charge in [-0.05, 0) is 62.5 Å². The number of nitrogens with zero attached hydrogens (tertiary/aromatic N) is 1. The van der Waals surface area contributed by atoms with Crippen LogP contribution in [0.1, 0.15) is 49.3 Å². The van der Waals surface area contributed by atoms with Crippen LogP contribution in [0.2, 0.25) is 0 Å². The topological polar surface area (TPSA) is 73.5 Å². The van der Waals surface area contributed by atoms with Gasteiger partial charge in [-0.2, -0.15) is 0 Å². The molecule has 0 saturated carbocycles. The summed E-state index contributed by atoms with van der Waals surface area (Å²) in [7, 11) is 0. The lowest BCUT2D eigenvalue weighted by atomic mass is 10.0. The fraction of sp³-hybridized carbons (Fsp3) is 0.429. The minimum Gasteiger partial charge on any atom is -0.356 e. The fourth-order valence-corrected chi connectivity index (χ4v) is 4.09. The highest BCUT2D eigenvalue weighted by atomic mass is 16.2. The van der Waals surface area contributed by atoms with Crippen LogP contribution in [-0.4, -0.2) is 56.0 Å². The molecule has 1 fully saturated rings. The van der Waals surface area contributed by atoms with Crippen molar-refractivity contribution in [3.63, 3.8) is 0 Å². The first-order valence-corrected chi connectivity index (χ1v) is 12.5. The quantitative estimate of drug-likeness (QED) is 0.610. The van der Waals surface area contributed by atoms with Crippen LogP contribution in [0.25, 0.3) is 6.08 Å². The predicted octanol–water partition coefficient (Wildman–Crippen LogP) is 3.53. The standard InChI is InChI=1S/C28H38N4O2/c33-27-23-26(25-13-5-2-6-14-25)30-19-9-18-29-17-7-8-21-32(22-10-20-31-27)28(34)16-15-24-11-3-1-4-12-24/h1-6,11-16,26,29-30H,7-10,17-23H2,(H,31,33)/b16-15+/t26-/m1/s1. The van der Waals surface area contributed by atoms with E-state index in [1.54, 1.807) is 6.08 Å². The largest absolute Gasteiger partial charge is 0.356 e. The second kappa shape index (κ2) is 15.0. The number of benzene rings is 2. The van der Waals surface area contributed by atoms with Gasteiger partial charge in [-0.1, -0.05) is 60.7 Å². The second-order valence-corrected chi connectivity index (χ2v) is 8.70. The molecule has 1 aliphatic rings. The fourth-order valence-electron chi connectivity index (χ4n) is 4.09. The van der Waals surface area contributed by atoms with Crippen molar-refractivity contribution in [3.05, 3.63) is 77.9 Å². The number of rotatable bonds is 3. The van der Waals surface area contributed by atoms with Crippen molar-refractivity contribution in [2.24, 2.45) is 0 Å². The molecule has 1 atom stereocenters. The van der Waals surface area contributed by atoms with Crippen molar-refractivity contribution in [2.45, 2.75) is 38.1 Å². The molecule has 182 valence electrons. The molecule has 3 rings (SSSR count). The van der Waals surface area contributed by atoms with Gasteiger partial charge in [0.15, 0.2) is 0 Å². The van der Waals surface area contributed by atoms with Gasteiger partial charge in [0.25, 0.3) is 0 Å². The van der Waals surface area contributed by atoms with Crippen molar-refractivity contribution in [1.82, 2.24) is 20.9 Å². The molecule has 1 saturated heterocycles. The Morgan fingerprint density at radius 3 is 2.32 bits per heavy atom. The third-order valence-corrected chi connectivity index (χ3v) is 6.00. The zero-order chi connectivity index (χ0) is 23.8. The third-order valence-electron chi connectivity index (χ3n) is 6.00. The van der Waals surface area contributed by atoms with Gasteiger partial charge in [0.05, 0.1) is 0 Å². The maximum absolute atomic E-state index is 12.8. The van der Waals surface area contributed by atoms with E-state index in [1.807, 2.05) is 59.5 Å². The summed E-state index contributed by atoms with van der Waals surface area (Å²) < 4.78 is 0. The maximum atomic E-state index is 12.8. The summed E-state index contributed by atoms with van der Waals surface area (Å²) in [6.07, 6.45) is 7.65. The van der Waals surface area contributed by atoms with E-state index < -0.39 is 0 Å². The first-order valence-electron chi connectivity index (χ1n) is 12.5. The summed E-state index contributed by atoms with van der Waals surface area (Å²) in [6.45, 7) is 4.66. The van der Waals surface area contributed by atoms with Crippen molar-refractivity contribution in [2.75, 3.05) is 39.3 Å². The minimum absolute atomic E-state index is 0.00177. The highest BCUT2D eigenvalue weighted by molar-refractivity contribution is 5.91. The molecule has 0 aromatic heterocycles. The zero-order valence-electron chi connectivity index (χ0n) is 20.0. The average molecular weight is 463 g/mol. The Morgan fingerprint density at radius 2 is 1.53 bits per heavy atom. The molecule has 0 bridgehead atoms. The lowest BCUT2D eigenvalue weighted by Crippen LogP contribution is -2.35. The third kappa shape index (κ3) is 9.49. The van der Waals surface area contributed by atoms with Crippen molar-refractivity contribution < 1.29 is 9.59 Å². The van der Waals surface area contributed by atoms with Crippen LogP contribution in [0.5, 0.6) is 0 Å². The summed E-state index contributed by atoms with van der Waals surface area (Å²) in [4.78, 5) is 27.4. The van der Waals surface area contributed by atoms with Crippen molar-refractivity contribution >= 4 is 17.9 Å². The minimum atomic E-state index is -0.00177. The van der Waals surface area contributed by atoms with Crippen LogP contribution in [0, 0.1) is 0 Å². The zero-order valence-corrected chi connectivity index (χ0v) is 20.0. The summed E-state index contributed by atoms with van der Waals surface area (Å²) in [5.41, 5.74) is 2.14. The van der Waals surface area contributed by atoms with Crippen molar-refractivity contribution in [3.8, 4) is 0 Å². The Hall–Kier alpha value is -2.96. The number of hydrogen-bond donors (Lipinski definition) is 3. The van der Waals surface area contributed by atoms with Crippen molar-refractivity contribution in [1.29, 1.82) is 0 Å². The van der Waals surface area contributed by atoms with Gasteiger partial charge < -0.3 is 20.9 Å². The number of carbonyl (C=O) groups is 2. The van der Waals surface area contributed by atoms with Crippen LogP contribution in [0.3, 0.4) is 0 Å². The van der Waals surface area contributed by atoms with E-state index >= 15 is 0 Å². The molecule has 0 radical (unpaired) electrons. The average Bonchev–Trinajstić information content (AvgIpc) is 2.87. The lowest BCUT2D eigenvalue weighted by Gasteiger charge is -2.22. The van der Waals surface area contributed by atoms with Crippen LogP contribution in [0.15, 0.2) is 66.7 Å². The number of hydrogen-bond acceptors (Lipinski definition) is 4. The Morgan fingerprint density at radius 1 is 0.824 bits per heavy atom. The van der Waals surface area contributed by atoms with E-state index in [-0.39, 0.29) is 17.9 Å². The molecule has 0 aliphatic carbocycles. The normalized spacial score (nSPS) is 19.9. The van der Waals surface area contributed by atoms with Gasteiger partial charge in [-0.15, -0.1) is 0 Å². The van der Waals surface area contributed by atoms with E-state index in [0.717, 1.165) is 63.0 Å². The van der Waals surface area contributed by atoms with E-state index in [4.69, 9.17) is 0 Å². The Labute approximate surface area is 203 Å². The second-order valence-electron chi connectivity index (χ2n) is 8.70. The molecule has 1 heterocycles. The highest BCUT2D eigenvalue weighted by Crippen LogP contribution is 2.16. The summed E-state index contributed by atoms with van der Waals surface area (Å²) in [5.74, 6) is 0.0556. The van der Waals surface area contributed by atoms with Gasteiger partial charge in [0, 0.05) is 38.2 Å². The van der Waals surface area contributed by atoms with Gasteiger partial charge in [0.1, 0.15) is 0 Å². The van der Waals surface area contributed by atoms with Crippen LogP contribution in [0.4, 0.5) is 0 Å².